The summed E-state index contributed by atoms with van der Waals surface area (Å²) in [5, 5.41) is 0. The van der Waals surface area contributed by atoms with Gasteiger partial charge in [-0.25, -0.2) is 0 Å². The Morgan fingerprint density at radius 3 is 2.52 bits per heavy atom. The zero-order valence-corrected chi connectivity index (χ0v) is 12.9. The van der Waals surface area contributed by atoms with Gasteiger partial charge in [-0.1, -0.05) is 44.1 Å². The van der Waals surface area contributed by atoms with E-state index < -0.39 is 5.51 Å². The summed E-state index contributed by atoms with van der Waals surface area (Å²) in [6.07, 6.45) is 6.47. The molecule has 1 aliphatic carbocycles. The first-order chi connectivity index (χ1) is 9.98. The average molecular weight is 312 g/mol. The van der Waals surface area contributed by atoms with E-state index in [1.165, 1.54) is 19.3 Å². The summed E-state index contributed by atoms with van der Waals surface area (Å²) in [4.78, 5) is 0.227. The van der Waals surface area contributed by atoms with Crippen molar-refractivity contribution in [3.05, 3.63) is 29.3 Å². The molecule has 0 aliphatic heterocycles. The maximum Gasteiger partial charge on any atom is 0.446 e. The maximum atomic E-state index is 12.7. The van der Waals surface area contributed by atoms with Gasteiger partial charge >= 0.3 is 5.51 Å². The van der Waals surface area contributed by atoms with Crippen molar-refractivity contribution in [3.8, 4) is 11.8 Å². The van der Waals surface area contributed by atoms with Crippen molar-refractivity contribution in [2.24, 2.45) is 5.92 Å². The summed E-state index contributed by atoms with van der Waals surface area (Å²) in [6, 6.07) is 5.21. The van der Waals surface area contributed by atoms with Crippen LogP contribution in [0.3, 0.4) is 0 Å². The molecule has 1 aromatic carbocycles. The van der Waals surface area contributed by atoms with Gasteiger partial charge in [-0.15, -0.1) is 0 Å². The molecule has 4 heteroatoms. The van der Waals surface area contributed by atoms with E-state index in [4.69, 9.17) is 0 Å². The molecule has 1 saturated carbocycles. The van der Waals surface area contributed by atoms with Gasteiger partial charge in [-0.3, -0.25) is 0 Å². The lowest BCUT2D eigenvalue weighted by molar-refractivity contribution is -0.0328. The molecule has 0 radical (unpaired) electrons. The lowest BCUT2D eigenvalue weighted by atomic mass is 9.89. The predicted molar refractivity (Wildman–Crippen MR) is 81.2 cm³/mol. The van der Waals surface area contributed by atoms with Crippen molar-refractivity contribution in [3.63, 3.8) is 0 Å². The summed E-state index contributed by atoms with van der Waals surface area (Å²) < 4.78 is 38.0. The largest absolute Gasteiger partial charge is 0.446 e. The number of aryl methyl sites for hydroxylation is 1. The SMILES string of the molecule is CCc1ccc(C#CC2CCCCC2)c(SC(F)(F)F)c1. The third kappa shape index (κ3) is 5.32. The van der Waals surface area contributed by atoms with Crippen LogP contribution in [-0.2, 0) is 6.42 Å². The smallest absolute Gasteiger partial charge is 0.160 e. The van der Waals surface area contributed by atoms with Gasteiger partial charge in [0.2, 0.25) is 0 Å². The Morgan fingerprint density at radius 1 is 1.19 bits per heavy atom. The van der Waals surface area contributed by atoms with Crippen LogP contribution in [0.5, 0.6) is 0 Å². The Kier molecular flexibility index (Phi) is 5.64. The molecule has 0 nitrogen and oxygen atoms in total. The summed E-state index contributed by atoms with van der Waals surface area (Å²) in [5.41, 5.74) is -2.86. The number of halogens is 3. The number of rotatable bonds is 2. The highest BCUT2D eigenvalue weighted by molar-refractivity contribution is 8.00. The first kappa shape index (κ1) is 16.3. The molecular weight excluding hydrogens is 293 g/mol. The molecule has 1 aliphatic rings. The van der Waals surface area contributed by atoms with Gasteiger partial charge in [0.1, 0.15) is 0 Å². The summed E-state index contributed by atoms with van der Waals surface area (Å²) in [5.74, 6) is 6.50. The molecule has 0 unspecified atom stereocenters. The summed E-state index contributed by atoms with van der Waals surface area (Å²) in [7, 11) is 0. The van der Waals surface area contributed by atoms with Gasteiger partial charge in [-0.05, 0) is 48.7 Å². The number of thioether (sulfide) groups is 1. The van der Waals surface area contributed by atoms with E-state index in [-0.39, 0.29) is 16.7 Å². The van der Waals surface area contributed by atoms with Crippen molar-refractivity contribution in [1.82, 2.24) is 0 Å². The monoisotopic (exact) mass is 312 g/mol. The second-order valence-electron chi connectivity index (χ2n) is 5.34. The Labute approximate surface area is 128 Å². The van der Waals surface area contributed by atoms with Crippen molar-refractivity contribution in [1.29, 1.82) is 0 Å². The van der Waals surface area contributed by atoms with Crippen LogP contribution in [0.15, 0.2) is 23.1 Å². The van der Waals surface area contributed by atoms with Crippen LogP contribution >= 0.6 is 11.8 Å². The van der Waals surface area contributed by atoms with Crippen LogP contribution in [-0.4, -0.2) is 5.51 Å². The van der Waals surface area contributed by atoms with Crippen LogP contribution in [0, 0.1) is 17.8 Å². The predicted octanol–water partition coefficient (Wildman–Crippen LogP) is 5.79. The molecule has 0 bridgehead atoms. The van der Waals surface area contributed by atoms with Gasteiger partial charge in [0.05, 0.1) is 0 Å². The highest BCUT2D eigenvalue weighted by Gasteiger charge is 2.30. The maximum absolute atomic E-state index is 12.7. The molecule has 1 fully saturated rings. The molecule has 1 aromatic rings. The fourth-order valence-electron chi connectivity index (χ4n) is 2.53. The third-order valence-electron chi connectivity index (χ3n) is 3.70. The van der Waals surface area contributed by atoms with Crippen molar-refractivity contribution >= 4 is 11.8 Å². The highest BCUT2D eigenvalue weighted by atomic mass is 32.2. The molecule has 21 heavy (non-hydrogen) atoms. The Morgan fingerprint density at radius 2 is 1.90 bits per heavy atom. The minimum Gasteiger partial charge on any atom is -0.160 e. The summed E-state index contributed by atoms with van der Waals surface area (Å²) in [6.45, 7) is 1.94. The van der Waals surface area contributed by atoms with Crippen LogP contribution in [0.1, 0.15) is 50.2 Å². The van der Waals surface area contributed by atoms with E-state index in [9.17, 15) is 13.2 Å². The number of alkyl halides is 3. The Bertz CT molecular complexity index is 531. The van der Waals surface area contributed by atoms with E-state index in [1.807, 2.05) is 13.0 Å². The van der Waals surface area contributed by atoms with Crippen LogP contribution < -0.4 is 0 Å². The van der Waals surface area contributed by atoms with Crippen molar-refractivity contribution in [2.75, 3.05) is 0 Å². The lowest BCUT2D eigenvalue weighted by Gasteiger charge is -2.15. The Hall–Kier alpha value is -1.08. The molecule has 2 rings (SSSR count). The van der Waals surface area contributed by atoms with E-state index in [0.29, 0.717) is 11.5 Å². The van der Waals surface area contributed by atoms with Gasteiger partial charge < -0.3 is 0 Å². The van der Waals surface area contributed by atoms with E-state index in [0.717, 1.165) is 24.8 Å². The van der Waals surface area contributed by atoms with Crippen LogP contribution in [0.4, 0.5) is 13.2 Å². The quantitative estimate of drug-likeness (QED) is 0.492. The van der Waals surface area contributed by atoms with Gasteiger partial charge in [0.25, 0.3) is 0 Å². The number of hydrogen-bond donors (Lipinski definition) is 0. The third-order valence-corrected chi connectivity index (χ3v) is 4.49. The standard InChI is InChI=1S/C17H19F3S/c1-2-13-8-10-15(16(12-13)21-17(18,19)20)11-9-14-6-4-3-5-7-14/h8,10,12,14H,2-7H2,1H3. The van der Waals surface area contributed by atoms with Gasteiger partial charge in [-0.2, -0.15) is 13.2 Å². The molecule has 0 N–H and O–H groups in total. The molecule has 0 atom stereocenters. The average Bonchev–Trinajstić information content (AvgIpc) is 2.45. The lowest BCUT2D eigenvalue weighted by Crippen LogP contribution is -2.03. The fraction of sp³-hybridized carbons (Fsp3) is 0.529. The zero-order valence-electron chi connectivity index (χ0n) is 12.1. The molecule has 0 spiro atoms. The van der Waals surface area contributed by atoms with Crippen LogP contribution in [0.25, 0.3) is 0 Å². The molecule has 0 saturated heterocycles. The molecule has 0 heterocycles. The van der Waals surface area contributed by atoms with E-state index >= 15 is 0 Å². The minimum absolute atomic E-state index is 0.0590. The van der Waals surface area contributed by atoms with Crippen LogP contribution in [0.2, 0.25) is 0 Å². The van der Waals surface area contributed by atoms with Gasteiger partial charge in [0.15, 0.2) is 0 Å². The molecule has 0 amide bonds. The second kappa shape index (κ2) is 7.26. The summed E-state index contributed by atoms with van der Waals surface area (Å²) >= 11 is -0.0590. The molecular formula is C17H19F3S. The van der Waals surface area contributed by atoms with Gasteiger partial charge in [0, 0.05) is 16.4 Å². The van der Waals surface area contributed by atoms with E-state index in [2.05, 4.69) is 11.8 Å². The Balaban J connectivity index is 2.22. The highest BCUT2D eigenvalue weighted by Crippen LogP contribution is 2.39. The van der Waals surface area contributed by atoms with E-state index in [1.54, 1.807) is 12.1 Å². The second-order valence-corrected chi connectivity index (χ2v) is 6.44. The minimum atomic E-state index is -4.27. The van der Waals surface area contributed by atoms with Crippen molar-refractivity contribution in [2.45, 2.75) is 55.9 Å². The molecule has 0 aromatic heterocycles. The topological polar surface area (TPSA) is 0 Å². The zero-order chi connectivity index (χ0) is 15.3. The molecule has 114 valence electrons. The number of benzene rings is 1. The number of hydrogen-bond acceptors (Lipinski definition) is 1. The fourth-order valence-corrected chi connectivity index (χ4v) is 3.21. The first-order valence-corrected chi connectivity index (χ1v) is 8.20. The normalized spacial score (nSPS) is 16.4. The first-order valence-electron chi connectivity index (χ1n) is 7.38. The van der Waals surface area contributed by atoms with Crippen molar-refractivity contribution < 1.29 is 13.2 Å².